The van der Waals surface area contributed by atoms with Crippen LogP contribution < -0.4 is 0 Å². The van der Waals surface area contributed by atoms with Crippen molar-refractivity contribution in [2.75, 3.05) is 26.2 Å². The van der Waals surface area contributed by atoms with Gasteiger partial charge in [0.15, 0.2) is 0 Å². The van der Waals surface area contributed by atoms with Crippen molar-refractivity contribution < 1.29 is 44.5 Å². The molecule has 17 heteroatoms. The number of nitro benzene ring substituents is 1. The smallest absolute Gasteiger partial charge is 0.317 e. The van der Waals surface area contributed by atoms with Crippen LogP contribution in [0.15, 0.2) is 60.0 Å². The van der Waals surface area contributed by atoms with E-state index in [0.29, 0.717) is 39.9 Å². The Labute approximate surface area is 270 Å². The van der Waals surface area contributed by atoms with Gasteiger partial charge in [0.1, 0.15) is 10.7 Å². The standard InChI is InChI=1S/C30H28N6O10S/c37-26(38)13-34(14-27(39)40)11-20-2-1-3-23(31-20)25-17-47-30(33-25)24-10-19(8-18-4-6-22(7-5-18)36(45)46)9-21(32-24)12-35(15-28(41)42)16-29(43)44/h1-7,9-10,17H,8,11-16H2,(H,37,38)(H,39,40)(H,41,42)(H,43,44). The van der Waals surface area contributed by atoms with Gasteiger partial charge in [-0.05, 0) is 41.8 Å². The number of carbonyl (C=O) groups is 4. The van der Waals surface area contributed by atoms with Crippen LogP contribution in [0, 0.1) is 10.1 Å². The zero-order valence-electron chi connectivity index (χ0n) is 24.6. The van der Waals surface area contributed by atoms with Gasteiger partial charge in [-0.1, -0.05) is 18.2 Å². The van der Waals surface area contributed by atoms with Crippen LogP contribution in [0.2, 0.25) is 0 Å². The summed E-state index contributed by atoms with van der Waals surface area (Å²) in [7, 11) is 0. The average Bonchev–Trinajstić information content (AvgIpc) is 3.47. The average molecular weight is 665 g/mol. The van der Waals surface area contributed by atoms with E-state index in [1.807, 2.05) is 0 Å². The zero-order valence-corrected chi connectivity index (χ0v) is 25.4. The summed E-state index contributed by atoms with van der Waals surface area (Å²) in [5, 5.41) is 50.2. The monoisotopic (exact) mass is 664 g/mol. The van der Waals surface area contributed by atoms with Crippen LogP contribution in [-0.2, 0) is 38.7 Å². The van der Waals surface area contributed by atoms with Gasteiger partial charge in [0.25, 0.3) is 5.69 Å². The van der Waals surface area contributed by atoms with Crippen LogP contribution >= 0.6 is 11.3 Å². The van der Waals surface area contributed by atoms with Gasteiger partial charge >= 0.3 is 23.9 Å². The molecular formula is C30H28N6O10S. The van der Waals surface area contributed by atoms with Crippen molar-refractivity contribution in [1.82, 2.24) is 24.8 Å². The fourth-order valence-corrected chi connectivity index (χ4v) is 5.47. The number of hydrogen-bond donors (Lipinski definition) is 4. The minimum absolute atomic E-state index is 0.0256. The molecule has 0 spiro atoms. The summed E-state index contributed by atoms with van der Waals surface area (Å²) in [5.41, 5.74) is 3.58. The molecule has 0 aliphatic carbocycles. The summed E-state index contributed by atoms with van der Waals surface area (Å²) >= 11 is 1.25. The maximum absolute atomic E-state index is 11.4. The zero-order chi connectivity index (χ0) is 34.1. The Bertz CT molecular complexity index is 1760. The van der Waals surface area contributed by atoms with Gasteiger partial charge in [0.2, 0.25) is 0 Å². The number of pyridine rings is 2. The second kappa shape index (κ2) is 15.6. The van der Waals surface area contributed by atoms with Gasteiger partial charge < -0.3 is 20.4 Å². The first-order chi connectivity index (χ1) is 22.3. The molecule has 1 aromatic carbocycles. The predicted octanol–water partition coefficient (Wildman–Crippen LogP) is 2.71. The van der Waals surface area contributed by atoms with Crippen molar-refractivity contribution in [3.63, 3.8) is 0 Å². The Morgan fingerprint density at radius 1 is 0.681 bits per heavy atom. The van der Waals surface area contributed by atoms with Crippen molar-refractivity contribution in [3.8, 4) is 22.1 Å². The van der Waals surface area contributed by atoms with E-state index in [1.54, 1.807) is 47.8 Å². The molecule has 0 amide bonds. The van der Waals surface area contributed by atoms with Crippen LogP contribution in [0.1, 0.15) is 22.5 Å². The summed E-state index contributed by atoms with van der Waals surface area (Å²) in [6, 6.07) is 14.5. The van der Waals surface area contributed by atoms with E-state index in [-0.39, 0.29) is 18.8 Å². The van der Waals surface area contributed by atoms with E-state index in [0.717, 1.165) is 11.1 Å². The number of non-ortho nitro benzene ring substituents is 1. The Kier molecular flexibility index (Phi) is 11.3. The Hall–Kier alpha value is -5.65. The lowest BCUT2D eigenvalue weighted by Crippen LogP contribution is -2.34. The Morgan fingerprint density at radius 2 is 1.23 bits per heavy atom. The maximum atomic E-state index is 11.4. The Balaban J connectivity index is 1.66. The van der Waals surface area contributed by atoms with Gasteiger partial charge in [0, 0.05) is 30.6 Å². The summed E-state index contributed by atoms with van der Waals surface area (Å²) in [6.07, 6.45) is 0.337. The van der Waals surface area contributed by atoms with Crippen LogP contribution in [0.5, 0.6) is 0 Å². The number of carboxylic acid groups (broad SMARTS) is 4. The molecule has 0 saturated carbocycles. The number of aliphatic carboxylic acids is 4. The molecule has 4 N–H and O–H groups in total. The number of hydrogen-bond acceptors (Lipinski definition) is 12. The maximum Gasteiger partial charge on any atom is 0.317 e. The molecule has 4 rings (SSSR count). The molecule has 0 aliphatic rings. The number of nitrogens with zero attached hydrogens (tertiary/aromatic N) is 6. The van der Waals surface area contributed by atoms with Crippen LogP contribution in [-0.4, -0.2) is 100 Å². The van der Waals surface area contributed by atoms with Crippen molar-refractivity contribution in [2.24, 2.45) is 0 Å². The highest BCUT2D eigenvalue weighted by Crippen LogP contribution is 2.29. The lowest BCUT2D eigenvalue weighted by molar-refractivity contribution is -0.384. The fraction of sp³-hybridized carbons (Fsp3) is 0.233. The minimum atomic E-state index is -1.21. The Morgan fingerprint density at radius 3 is 1.79 bits per heavy atom. The largest absolute Gasteiger partial charge is 0.480 e. The van der Waals surface area contributed by atoms with Gasteiger partial charge in [-0.3, -0.25) is 39.1 Å². The van der Waals surface area contributed by atoms with Crippen molar-refractivity contribution in [2.45, 2.75) is 19.5 Å². The lowest BCUT2D eigenvalue weighted by atomic mass is 10.0. The van der Waals surface area contributed by atoms with E-state index in [1.165, 1.54) is 33.3 Å². The van der Waals surface area contributed by atoms with E-state index >= 15 is 0 Å². The van der Waals surface area contributed by atoms with E-state index < -0.39 is 55.0 Å². The first-order valence-corrected chi connectivity index (χ1v) is 14.7. The number of carboxylic acids is 4. The quantitative estimate of drug-likeness (QED) is 0.0937. The SMILES string of the molecule is O=C(O)CN(CC(=O)O)Cc1cccc(-c2csc(-c3cc(Cc4ccc([N+](=O)[O-])cc4)cc(CN(CC(=O)O)CC(=O)O)n3)n2)n1. The highest BCUT2D eigenvalue weighted by Gasteiger charge is 2.19. The third kappa shape index (κ3) is 10.5. The summed E-state index contributed by atoms with van der Waals surface area (Å²) in [4.78, 5) is 72.1. The number of nitro groups is 1. The van der Waals surface area contributed by atoms with Crippen LogP contribution in [0.4, 0.5) is 5.69 Å². The topological polar surface area (TPSA) is 237 Å². The molecule has 16 nitrogen and oxygen atoms in total. The van der Waals surface area contributed by atoms with Crippen molar-refractivity contribution in [1.29, 1.82) is 0 Å². The van der Waals surface area contributed by atoms with Crippen LogP contribution in [0.3, 0.4) is 0 Å². The van der Waals surface area contributed by atoms with Gasteiger partial charge in [-0.2, -0.15) is 0 Å². The van der Waals surface area contributed by atoms with Gasteiger partial charge in [0.05, 0.1) is 53.9 Å². The molecule has 3 aromatic heterocycles. The molecule has 0 unspecified atom stereocenters. The van der Waals surface area contributed by atoms with E-state index in [9.17, 15) is 39.5 Å². The molecule has 0 aliphatic heterocycles. The molecule has 0 fully saturated rings. The first kappa shape index (κ1) is 34.2. The molecule has 3 heterocycles. The third-order valence-electron chi connectivity index (χ3n) is 6.49. The second-order valence-corrected chi connectivity index (χ2v) is 11.2. The molecular weight excluding hydrogens is 636 g/mol. The number of thiazole rings is 1. The summed E-state index contributed by atoms with van der Waals surface area (Å²) in [6.45, 7) is -2.16. The van der Waals surface area contributed by atoms with Crippen LogP contribution in [0.25, 0.3) is 22.1 Å². The number of benzene rings is 1. The summed E-state index contributed by atoms with van der Waals surface area (Å²) < 4.78 is 0. The fourth-order valence-electron chi connectivity index (χ4n) is 4.69. The molecule has 0 bridgehead atoms. The second-order valence-electron chi connectivity index (χ2n) is 10.4. The van der Waals surface area contributed by atoms with E-state index in [4.69, 9.17) is 10.2 Å². The predicted molar refractivity (Wildman–Crippen MR) is 166 cm³/mol. The molecule has 4 aromatic rings. The highest BCUT2D eigenvalue weighted by atomic mass is 32.1. The molecule has 244 valence electrons. The normalized spacial score (nSPS) is 11.1. The van der Waals surface area contributed by atoms with Gasteiger partial charge in [-0.15, -0.1) is 11.3 Å². The number of aromatic nitrogens is 3. The molecule has 0 saturated heterocycles. The summed E-state index contributed by atoms with van der Waals surface area (Å²) in [5.74, 6) is -4.77. The van der Waals surface area contributed by atoms with E-state index in [2.05, 4.69) is 15.0 Å². The van der Waals surface area contributed by atoms with Gasteiger partial charge in [-0.25, -0.2) is 15.0 Å². The minimum Gasteiger partial charge on any atom is -0.480 e. The molecule has 0 atom stereocenters. The lowest BCUT2D eigenvalue weighted by Gasteiger charge is -2.18. The molecule has 0 radical (unpaired) electrons. The third-order valence-corrected chi connectivity index (χ3v) is 7.36. The highest BCUT2D eigenvalue weighted by molar-refractivity contribution is 7.13. The van der Waals surface area contributed by atoms with Crippen molar-refractivity contribution in [3.05, 3.63) is 92.6 Å². The van der Waals surface area contributed by atoms with Crippen molar-refractivity contribution >= 4 is 40.9 Å². The molecule has 47 heavy (non-hydrogen) atoms. The number of rotatable bonds is 17. The first-order valence-electron chi connectivity index (χ1n) is 13.8.